The van der Waals surface area contributed by atoms with Gasteiger partial charge in [-0.2, -0.15) is 0 Å². The van der Waals surface area contributed by atoms with Crippen LogP contribution in [0.5, 0.6) is 11.5 Å². The molecule has 20 heavy (non-hydrogen) atoms. The van der Waals surface area contributed by atoms with Gasteiger partial charge in [-0.15, -0.1) is 0 Å². The molecule has 3 aromatic rings. The van der Waals surface area contributed by atoms with Crippen LogP contribution in [-0.4, -0.2) is 9.66 Å². The molecule has 0 aliphatic rings. The smallest absolute Gasteiger partial charge is 0.219 e. The summed E-state index contributed by atoms with van der Waals surface area (Å²) in [6.07, 6.45) is 1.68. The van der Waals surface area contributed by atoms with Gasteiger partial charge in [-0.3, -0.25) is 0 Å². The zero-order valence-electron chi connectivity index (χ0n) is 10.7. The summed E-state index contributed by atoms with van der Waals surface area (Å²) in [5, 5.41) is 0. The number of imidazole rings is 1. The molecule has 0 bridgehead atoms. The van der Waals surface area contributed by atoms with Crippen LogP contribution in [0.25, 0.3) is 11.3 Å². The summed E-state index contributed by atoms with van der Waals surface area (Å²) in [5.41, 5.74) is 7.28. The average molecular weight is 266 g/mol. The lowest BCUT2D eigenvalue weighted by Gasteiger charge is -2.05. The van der Waals surface area contributed by atoms with E-state index in [1.165, 1.54) is 4.68 Å². The molecule has 3 rings (SSSR count). The summed E-state index contributed by atoms with van der Waals surface area (Å²) in [4.78, 5) is 4.17. The van der Waals surface area contributed by atoms with Gasteiger partial charge in [-0.05, 0) is 36.4 Å². The largest absolute Gasteiger partial charge is 0.457 e. The molecule has 0 fully saturated rings. The van der Waals surface area contributed by atoms with Crippen LogP contribution in [0.2, 0.25) is 0 Å². The van der Waals surface area contributed by atoms with E-state index in [2.05, 4.69) is 4.98 Å². The SMILES string of the molecule is Nc1nc(-c2ccc(Oc3ccccc3)cc2)cn1N. The normalized spacial score (nSPS) is 10.4. The number of nitrogen functional groups attached to an aromatic ring is 2. The van der Waals surface area contributed by atoms with Crippen LogP contribution in [0.1, 0.15) is 0 Å². The Kier molecular flexibility index (Phi) is 3.01. The zero-order chi connectivity index (χ0) is 13.9. The van der Waals surface area contributed by atoms with Crippen molar-refractivity contribution >= 4 is 5.95 Å². The summed E-state index contributed by atoms with van der Waals surface area (Å²) < 4.78 is 7.02. The predicted molar refractivity (Wildman–Crippen MR) is 78.7 cm³/mol. The van der Waals surface area contributed by atoms with Crippen molar-refractivity contribution < 1.29 is 4.74 Å². The van der Waals surface area contributed by atoms with Gasteiger partial charge in [0.25, 0.3) is 0 Å². The average Bonchev–Trinajstić information content (AvgIpc) is 2.81. The van der Waals surface area contributed by atoms with Gasteiger partial charge >= 0.3 is 0 Å². The second-order valence-electron chi connectivity index (χ2n) is 4.33. The monoisotopic (exact) mass is 266 g/mol. The van der Waals surface area contributed by atoms with E-state index in [4.69, 9.17) is 16.3 Å². The molecule has 0 atom stereocenters. The van der Waals surface area contributed by atoms with Gasteiger partial charge in [-0.1, -0.05) is 18.2 Å². The van der Waals surface area contributed by atoms with E-state index in [9.17, 15) is 0 Å². The second kappa shape index (κ2) is 4.97. The minimum Gasteiger partial charge on any atom is -0.457 e. The number of nitrogens with zero attached hydrogens (tertiary/aromatic N) is 2. The van der Waals surface area contributed by atoms with Crippen molar-refractivity contribution in [2.24, 2.45) is 0 Å². The Morgan fingerprint density at radius 2 is 1.55 bits per heavy atom. The molecule has 2 aromatic carbocycles. The number of hydrogen-bond donors (Lipinski definition) is 2. The van der Waals surface area contributed by atoms with Crippen LogP contribution in [-0.2, 0) is 0 Å². The number of ether oxygens (including phenoxy) is 1. The third kappa shape index (κ3) is 2.42. The lowest BCUT2D eigenvalue weighted by Crippen LogP contribution is -2.09. The molecule has 0 aliphatic heterocycles. The molecular formula is C15H14N4O. The van der Waals surface area contributed by atoms with Gasteiger partial charge in [0.15, 0.2) is 0 Å². The van der Waals surface area contributed by atoms with Crippen LogP contribution in [0, 0.1) is 0 Å². The van der Waals surface area contributed by atoms with Crippen LogP contribution in [0.15, 0.2) is 60.8 Å². The van der Waals surface area contributed by atoms with Gasteiger partial charge in [0.1, 0.15) is 11.5 Å². The number of para-hydroxylation sites is 1. The number of nitrogens with two attached hydrogens (primary N) is 2. The molecule has 0 amide bonds. The van der Waals surface area contributed by atoms with Crippen molar-refractivity contribution in [2.45, 2.75) is 0 Å². The highest BCUT2D eigenvalue weighted by Crippen LogP contribution is 2.25. The summed E-state index contributed by atoms with van der Waals surface area (Å²) >= 11 is 0. The van der Waals surface area contributed by atoms with Gasteiger partial charge in [0.2, 0.25) is 5.95 Å². The molecule has 1 heterocycles. The van der Waals surface area contributed by atoms with Crippen molar-refractivity contribution in [1.29, 1.82) is 0 Å². The Morgan fingerprint density at radius 3 is 2.15 bits per heavy atom. The fraction of sp³-hybridized carbons (Fsp3) is 0. The summed E-state index contributed by atoms with van der Waals surface area (Å²) in [5.74, 6) is 7.46. The third-order valence-corrected chi connectivity index (χ3v) is 2.89. The van der Waals surface area contributed by atoms with Gasteiger partial charge < -0.3 is 16.3 Å². The molecule has 0 saturated heterocycles. The molecule has 0 unspecified atom stereocenters. The highest BCUT2D eigenvalue weighted by atomic mass is 16.5. The van der Waals surface area contributed by atoms with Crippen LogP contribution in [0.3, 0.4) is 0 Å². The van der Waals surface area contributed by atoms with Crippen molar-refractivity contribution in [2.75, 3.05) is 11.6 Å². The van der Waals surface area contributed by atoms with E-state index in [-0.39, 0.29) is 5.95 Å². The molecule has 0 aliphatic carbocycles. The highest BCUT2D eigenvalue weighted by molar-refractivity contribution is 5.61. The molecule has 0 radical (unpaired) electrons. The molecular weight excluding hydrogens is 252 g/mol. The number of benzene rings is 2. The fourth-order valence-electron chi connectivity index (χ4n) is 1.87. The minimum atomic E-state index is 0.282. The van der Waals surface area contributed by atoms with Crippen molar-refractivity contribution in [1.82, 2.24) is 9.66 Å². The number of hydrogen-bond acceptors (Lipinski definition) is 4. The number of aromatic nitrogens is 2. The summed E-state index contributed by atoms with van der Waals surface area (Å²) in [6, 6.07) is 17.2. The van der Waals surface area contributed by atoms with Crippen LogP contribution >= 0.6 is 0 Å². The Bertz CT molecular complexity index is 685. The third-order valence-electron chi connectivity index (χ3n) is 2.89. The van der Waals surface area contributed by atoms with E-state index in [0.29, 0.717) is 0 Å². The number of anilines is 1. The maximum Gasteiger partial charge on any atom is 0.219 e. The topological polar surface area (TPSA) is 79.1 Å². The first-order valence-electron chi connectivity index (χ1n) is 6.15. The Balaban J connectivity index is 1.81. The first-order valence-corrected chi connectivity index (χ1v) is 6.15. The maximum absolute atomic E-state index is 5.72. The molecule has 1 aromatic heterocycles. The standard InChI is InChI=1S/C15H14N4O/c16-15-18-14(10-19(15)17)11-6-8-13(9-7-11)20-12-4-2-1-3-5-12/h1-10H,17H2,(H2,16,18). The Morgan fingerprint density at radius 1 is 0.900 bits per heavy atom. The first kappa shape index (κ1) is 12.1. The zero-order valence-corrected chi connectivity index (χ0v) is 10.7. The fourth-order valence-corrected chi connectivity index (χ4v) is 1.87. The minimum absolute atomic E-state index is 0.282. The van der Waals surface area contributed by atoms with E-state index < -0.39 is 0 Å². The van der Waals surface area contributed by atoms with Crippen LogP contribution < -0.4 is 16.3 Å². The van der Waals surface area contributed by atoms with E-state index in [1.807, 2.05) is 54.6 Å². The Hall–Kier alpha value is -2.95. The lowest BCUT2D eigenvalue weighted by molar-refractivity contribution is 0.483. The molecule has 5 heteroatoms. The number of rotatable bonds is 3. The Labute approximate surface area is 116 Å². The maximum atomic E-state index is 5.72. The summed E-state index contributed by atoms with van der Waals surface area (Å²) in [7, 11) is 0. The van der Waals surface area contributed by atoms with Gasteiger partial charge in [0.05, 0.1) is 11.9 Å². The quantitative estimate of drug-likeness (QED) is 0.714. The van der Waals surface area contributed by atoms with Crippen molar-refractivity contribution in [3.05, 3.63) is 60.8 Å². The van der Waals surface area contributed by atoms with Crippen LogP contribution in [0.4, 0.5) is 5.95 Å². The van der Waals surface area contributed by atoms with E-state index in [0.717, 1.165) is 22.8 Å². The molecule has 100 valence electrons. The molecule has 0 saturated carbocycles. The second-order valence-corrected chi connectivity index (χ2v) is 4.33. The summed E-state index contributed by atoms with van der Waals surface area (Å²) in [6.45, 7) is 0. The first-order chi connectivity index (χ1) is 9.72. The van der Waals surface area contributed by atoms with Crippen molar-refractivity contribution in [3.63, 3.8) is 0 Å². The van der Waals surface area contributed by atoms with E-state index >= 15 is 0 Å². The van der Waals surface area contributed by atoms with Gasteiger partial charge in [-0.25, -0.2) is 9.66 Å². The molecule has 0 spiro atoms. The molecule has 4 N–H and O–H groups in total. The van der Waals surface area contributed by atoms with Gasteiger partial charge in [0, 0.05) is 5.56 Å². The van der Waals surface area contributed by atoms with Crippen molar-refractivity contribution in [3.8, 4) is 22.8 Å². The highest BCUT2D eigenvalue weighted by Gasteiger charge is 2.05. The predicted octanol–water partition coefficient (Wildman–Crippen LogP) is 2.64. The van der Waals surface area contributed by atoms with E-state index in [1.54, 1.807) is 6.20 Å². The molecule has 5 nitrogen and oxygen atoms in total. The lowest BCUT2D eigenvalue weighted by atomic mass is 10.1.